The molecule has 2 aromatic rings. The van der Waals surface area contributed by atoms with Crippen molar-refractivity contribution in [3.63, 3.8) is 0 Å². The van der Waals surface area contributed by atoms with Crippen molar-refractivity contribution in [3.05, 3.63) is 71.3 Å². The predicted molar refractivity (Wildman–Crippen MR) is 86.7 cm³/mol. The molecular formula is C19H23F3N2+2. The van der Waals surface area contributed by atoms with Gasteiger partial charge in [0.1, 0.15) is 39.3 Å². The minimum Gasteiger partial charge on any atom is -0.322 e. The van der Waals surface area contributed by atoms with Crippen molar-refractivity contribution >= 4 is 0 Å². The molecule has 0 saturated carbocycles. The van der Waals surface area contributed by atoms with E-state index in [0.717, 1.165) is 44.8 Å². The van der Waals surface area contributed by atoms with E-state index in [0.29, 0.717) is 0 Å². The zero-order chi connectivity index (χ0) is 17.0. The highest BCUT2D eigenvalue weighted by atomic mass is 19.4. The molecule has 0 radical (unpaired) electrons. The van der Waals surface area contributed by atoms with Gasteiger partial charge in [0.25, 0.3) is 0 Å². The second-order valence-electron chi connectivity index (χ2n) is 6.53. The van der Waals surface area contributed by atoms with Crippen molar-refractivity contribution < 1.29 is 23.0 Å². The number of rotatable bonds is 4. The maximum Gasteiger partial charge on any atom is 0.416 e. The summed E-state index contributed by atoms with van der Waals surface area (Å²) >= 11 is 0. The summed E-state index contributed by atoms with van der Waals surface area (Å²) < 4.78 is 37.8. The Bertz CT molecular complexity index is 630. The van der Waals surface area contributed by atoms with Crippen LogP contribution in [0.15, 0.2) is 54.6 Å². The smallest absolute Gasteiger partial charge is 0.322 e. The standard InChI is InChI=1S/C19H21F3N2/c20-19(21,22)18-8-6-17(7-9-18)15-24-12-10-23(11-13-24)14-16-4-2-1-3-5-16/h1-9H,10-15H2/p+2. The molecule has 2 N–H and O–H groups in total. The first-order chi connectivity index (χ1) is 11.5. The summed E-state index contributed by atoms with van der Waals surface area (Å²) in [4.78, 5) is 3.03. The van der Waals surface area contributed by atoms with E-state index >= 15 is 0 Å². The molecule has 128 valence electrons. The van der Waals surface area contributed by atoms with Gasteiger partial charge in [-0.05, 0) is 12.1 Å². The largest absolute Gasteiger partial charge is 0.416 e. The van der Waals surface area contributed by atoms with E-state index in [1.807, 2.05) is 6.07 Å². The molecule has 0 aliphatic carbocycles. The monoisotopic (exact) mass is 336 g/mol. The van der Waals surface area contributed by atoms with Crippen LogP contribution >= 0.6 is 0 Å². The SMILES string of the molecule is FC(F)(F)c1ccc(C[NH+]2CC[NH+](Cc3ccccc3)CC2)cc1. The van der Waals surface area contributed by atoms with Gasteiger partial charge in [-0.2, -0.15) is 13.2 Å². The Morgan fingerprint density at radius 1 is 0.667 bits per heavy atom. The maximum atomic E-state index is 12.6. The third kappa shape index (κ3) is 4.58. The lowest BCUT2D eigenvalue weighted by Crippen LogP contribution is -3.27. The van der Waals surface area contributed by atoms with Crippen LogP contribution in [-0.4, -0.2) is 26.2 Å². The number of nitrogens with one attached hydrogen (secondary N) is 2. The molecule has 0 spiro atoms. The highest BCUT2D eigenvalue weighted by molar-refractivity contribution is 5.24. The van der Waals surface area contributed by atoms with Crippen LogP contribution in [0.1, 0.15) is 16.7 Å². The molecule has 1 fully saturated rings. The summed E-state index contributed by atoms with van der Waals surface area (Å²) in [6.07, 6.45) is -4.25. The fourth-order valence-corrected chi connectivity index (χ4v) is 3.30. The summed E-state index contributed by atoms with van der Waals surface area (Å²) in [5, 5.41) is 0. The van der Waals surface area contributed by atoms with Crippen molar-refractivity contribution in [1.82, 2.24) is 0 Å². The Kier molecular flexibility index (Phi) is 5.21. The number of hydrogen-bond donors (Lipinski definition) is 2. The Hall–Kier alpha value is -1.85. The van der Waals surface area contributed by atoms with Crippen molar-refractivity contribution in [2.75, 3.05) is 26.2 Å². The molecule has 1 aliphatic heterocycles. The predicted octanol–water partition coefficient (Wildman–Crippen LogP) is 1.19. The first-order valence-electron chi connectivity index (χ1n) is 8.38. The first kappa shape index (κ1) is 17.0. The highest BCUT2D eigenvalue weighted by Gasteiger charge is 2.30. The van der Waals surface area contributed by atoms with Crippen molar-refractivity contribution in [1.29, 1.82) is 0 Å². The molecule has 2 aromatic carbocycles. The summed E-state index contributed by atoms with van der Waals surface area (Å²) in [5.41, 5.74) is 1.77. The van der Waals surface area contributed by atoms with Crippen LogP contribution in [0.3, 0.4) is 0 Å². The van der Waals surface area contributed by atoms with Crippen molar-refractivity contribution in [2.45, 2.75) is 19.3 Å². The summed E-state index contributed by atoms with van der Waals surface area (Å²) in [7, 11) is 0. The molecule has 0 bridgehead atoms. The van der Waals surface area contributed by atoms with E-state index in [-0.39, 0.29) is 0 Å². The summed E-state index contributed by atoms with van der Waals surface area (Å²) in [5.74, 6) is 0. The van der Waals surface area contributed by atoms with Gasteiger partial charge in [-0.25, -0.2) is 0 Å². The van der Waals surface area contributed by atoms with Gasteiger partial charge in [0.2, 0.25) is 0 Å². The highest BCUT2D eigenvalue weighted by Crippen LogP contribution is 2.28. The Morgan fingerprint density at radius 3 is 1.58 bits per heavy atom. The van der Waals surface area contributed by atoms with Crippen LogP contribution in [0.2, 0.25) is 0 Å². The third-order valence-corrected chi connectivity index (χ3v) is 4.70. The fraction of sp³-hybridized carbons (Fsp3) is 0.368. The second kappa shape index (κ2) is 7.36. The molecule has 2 nitrogen and oxygen atoms in total. The van der Waals surface area contributed by atoms with Crippen molar-refractivity contribution in [3.8, 4) is 0 Å². The van der Waals surface area contributed by atoms with Gasteiger partial charge >= 0.3 is 6.18 Å². The third-order valence-electron chi connectivity index (χ3n) is 4.70. The Balaban J connectivity index is 1.48. The van der Waals surface area contributed by atoms with Gasteiger partial charge < -0.3 is 9.80 Å². The number of halogens is 3. The summed E-state index contributed by atoms with van der Waals surface area (Å²) in [6, 6.07) is 16.1. The van der Waals surface area contributed by atoms with E-state index in [4.69, 9.17) is 0 Å². The van der Waals surface area contributed by atoms with E-state index in [2.05, 4.69) is 24.3 Å². The zero-order valence-electron chi connectivity index (χ0n) is 13.6. The number of benzene rings is 2. The van der Waals surface area contributed by atoms with Crippen LogP contribution in [0.25, 0.3) is 0 Å². The molecule has 1 saturated heterocycles. The minimum atomic E-state index is -4.25. The van der Waals surface area contributed by atoms with E-state index in [1.165, 1.54) is 22.6 Å². The molecule has 0 unspecified atom stereocenters. The normalized spacial score (nSPS) is 21.6. The Labute approximate surface area is 140 Å². The van der Waals surface area contributed by atoms with E-state index in [1.54, 1.807) is 17.0 Å². The fourth-order valence-electron chi connectivity index (χ4n) is 3.30. The lowest BCUT2D eigenvalue weighted by Gasteiger charge is -2.29. The van der Waals surface area contributed by atoms with Crippen LogP contribution in [0.5, 0.6) is 0 Å². The lowest BCUT2D eigenvalue weighted by molar-refractivity contribution is -1.02. The maximum absolute atomic E-state index is 12.6. The topological polar surface area (TPSA) is 8.88 Å². The van der Waals surface area contributed by atoms with Crippen LogP contribution < -0.4 is 9.80 Å². The zero-order valence-corrected chi connectivity index (χ0v) is 13.6. The Morgan fingerprint density at radius 2 is 1.12 bits per heavy atom. The van der Waals surface area contributed by atoms with Gasteiger partial charge in [-0.3, -0.25) is 0 Å². The lowest BCUT2D eigenvalue weighted by atomic mass is 10.1. The minimum absolute atomic E-state index is 0.571. The quantitative estimate of drug-likeness (QED) is 0.830. The molecule has 0 atom stereocenters. The molecule has 0 amide bonds. The number of hydrogen-bond acceptors (Lipinski definition) is 0. The van der Waals surface area contributed by atoms with Crippen molar-refractivity contribution in [2.24, 2.45) is 0 Å². The molecule has 5 heteroatoms. The molecule has 3 rings (SSSR count). The van der Waals surface area contributed by atoms with Crippen LogP contribution in [-0.2, 0) is 19.3 Å². The molecular weight excluding hydrogens is 313 g/mol. The van der Waals surface area contributed by atoms with Gasteiger partial charge in [0.15, 0.2) is 0 Å². The average molecular weight is 336 g/mol. The van der Waals surface area contributed by atoms with Gasteiger partial charge in [-0.1, -0.05) is 42.5 Å². The van der Waals surface area contributed by atoms with E-state index in [9.17, 15) is 13.2 Å². The second-order valence-corrected chi connectivity index (χ2v) is 6.53. The first-order valence-corrected chi connectivity index (χ1v) is 8.38. The number of quaternary nitrogens is 2. The number of piperazine rings is 1. The van der Waals surface area contributed by atoms with E-state index < -0.39 is 11.7 Å². The molecule has 24 heavy (non-hydrogen) atoms. The van der Waals surface area contributed by atoms with Gasteiger partial charge in [0.05, 0.1) is 5.56 Å². The van der Waals surface area contributed by atoms with Gasteiger partial charge in [-0.15, -0.1) is 0 Å². The van der Waals surface area contributed by atoms with Crippen LogP contribution in [0, 0.1) is 0 Å². The number of alkyl halides is 3. The summed E-state index contributed by atoms with van der Waals surface area (Å²) in [6.45, 7) is 6.17. The molecule has 1 heterocycles. The molecule has 0 aromatic heterocycles. The average Bonchev–Trinajstić information content (AvgIpc) is 2.57. The van der Waals surface area contributed by atoms with Gasteiger partial charge in [0, 0.05) is 11.1 Å². The molecule has 1 aliphatic rings. The van der Waals surface area contributed by atoms with Crippen LogP contribution in [0.4, 0.5) is 13.2 Å².